The fraction of sp³-hybridized carbons (Fsp3) is 0.294. The second-order valence-electron chi connectivity index (χ2n) is 5.32. The third-order valence-corrected chi connectivity index (χ3v) is 4.95. The number of ether oxygens (including phenoxy) is 2. The molecule has 0 spiro atoms. The van der Waals surface area contributed by atoms with Gasteiger partial charge in [-0.25, -0.2) is 0 Å². The van der Waals surface area contributed by atoms with Crippen LogP contribution in [0.1, 0.15) is 23.4 Å². The SMILES string of the molecule is CC1COc2ccc(C(Cl)c3ccccc3I)cc2OC1. The molecule has 2 unspecified atom stereocenters. The highest BCUT2D eigenvalue weighted by Crippen LogP contribution is 2.38. The molecule has 2 atom stereocenters. The summed E-state index contributed by atoms with van der Waals surface area (Å²) in [4.78, 5) is 0. The van der Waals surface area contributed by atoms with E-state index in [0.29, 0.717) is 19.1 Å². The molecule has 1 heterocycles. The van der Waals surface area contributed by atoms with Crippen LogP contribution >= 0.6 is 34.2 Å². The van der Waals surface area contributed by atoms with Crippen molar-refractivity contribution >= 4 is 34.2 Å². The quantitative estimate of drug-likeness (QED) is 0.507. The van der Waals surface area contributed by atoms with Gasteiger partial charge in [-0.15, -0.1) is 11.6 Å². The molecule has 4 heteroatoms. The highest BCUT2D eigenvalue weighted by atomic mass is 127. The zero-order chi connectivity index (χ0) is 14.8. The molecule has 2 aromatic rings. The Labute approximate surface area is 143 Å². The van der Waals surface area contributed by atoms with Gasteiger partial charge in [0.05, 0.1) is 18.6 Å². The normalized spacial score (nSPS) is 18.9. The third-order valence-electron chi connectivity index (χ3n) is 3.49. The van der Waals surface area contributed by atoms with Gasteiger partial charge >= 0.3 is 0 Å². The zero-order valence-electron chi connectivity index (χ0n) is 11.7. The maximum atomic E-state index is 6.65. The number of hydrogen-bond donors (Lipinski definition) is 0. The van der Waals surface area contributed by atoms with Crippen LogP contribution in [0.3, 0.4) is 0 Å². The smallest absolute Gasteiger partial charge is 0.161 e. The van der Waals surface area contributed by atoms with Crippen molar-refractivity contribution in [2.45, 2.75) is 12.3 Å². The first-order valence-corrected chi connectivity index (χ1v) is 8.44. The van der Waals surface area contributed by atoms with Crippen molar-refractivity contribution in [2.75, 3.05) is 13.2 Å². The van der Waals surface area contributed by atoms with E-state index in [0.717, 1.165) is 26.2 Å². The van der Waals surface area contributed by atoms with Gasteiger partial charge in [0.1, 0.15) is 0 Å². The number of fused-ring (bicyclic) bond motifs is 1. The van der Waals surface area contributed by atoms with Crippen molar-refractivity contribution in [1.29, 1.82) is 0 Å². The van der Waals surface area contributed by atoms with Crippen molar-refractivity contribution < 1.29 is 9.47 Å². The van der Waals surface area contributed by atoms with E-state index in [9.17, 15) is 0 Å². The Kier molecular flexibility index (Phi) is 4.60. The second kappa shape index (κ2) is 6.44. The molecule has 0 aromatic heterocycles. The van der Waals surface area contributed by atoms with Gasteiger partial charge in [-0.3, -0.25) is 0 Å². The summed E-state index contributed by atoms with van der Waals surface area (Å²) in [5.74, 6) is 1.98. The Balaban J connectivity index is 1.92. The number of benzene rings is 2. The van der Waals surface area contributed by atoms with Gasteiger partial charge in [-0.2, -0.15) is 0 Å². The van der Waals surface area contributed by atoms with Crippen molar-refractivity contribution in [1.82, 2.24) is 0 Å². The highest BCUT2D eigenvalue weighted by molar-refractivity contribution is 14.1. The average molecular weight is 415 g/mol. The molecule has 0 aliphatic carbocycles. The molecular formula is C17H16ClIO2. The van der Waals surface area contributed by atoms with Gasteiger partial charge in [-0.05, 0) is 51.9 Å². The lowest BCUT2D eigenvalue weighted by Gasteiger charge is -2.15. The summed E-state index contributed by atoms with van der Waals surface area (Å²) in [5, 5.41) is -0.187. The number of hydrogen-bond acceptors (Lipinski definition) is 2. The molecule has 0 N–H and O–H groups in total. The predicted molar refractivity (Wildman–Crippen MR) is 93.5 cm³/mol. The van der Waals surface area contributed by atoms with Crippen LogP contribution in [0.2, 0.25) is 0 Å². The van der Waals surface area contributed by atoms with Gasteiger partial charge < -0.3 is 9.47 Å². The Morgan fingerprint density at radius 3 is 2.57 bits per heavy atom. The maximum absolute atomic E-state index is 6.65. The molecular weight excluding hydrogens is 399 g/mol. The monoisotopic (exact) mass is 414 g/mol. The minimum absolute atomic E-state index is 0.187. The fourth-order valence-corrected chi connectivity index (χ4v) is 3.50. The first-order valence-electron chi connectivity index (χ1n) is 6.93. The molecule has 0 amide bonds. The number of rotatable bonds is 2. The Morgan fingerprint density at radius 1 is 1.10 bits per heavy atom. The van der Waals surface area contributed by atoms with Crippen LogP contribution in [0, 0.1) is 9.49 Å². The lowest BCUT2D eigenvalue weighted by atomic mass is 10.0. The molecule has 0 radical (unpaired) electrons. The highest BCUT2D eigenvalue weighted by Gasteiger charge is 2.19. The zero-order valence-corrected chi connectivity index (χ0v) is 14.6. The van der Waals surface area contributed by atoms with Crippen molar-refractivity contribution in [2.24, 2.45) is 5.92 Å². The summed E-state index contributed by atoms with van der Waals surface area (Å²) < 4.78 is 12.8. The summed E-state index contributed by atoms with van der Waals surface area (Å²) in [7, 11) is 0. The van der Waals surface area contributed by atoms with Crippen molar-refractivity contribution in [3.05, 3.63) is 57.2 Å². The van der Waals surface area contributed by atoms with Gasteiger partial charge in [0.15, 0.2) is 11.5 Å². The Hall–Kier alpha value is -0.940. The van der Waals surface area contributed by atoms with E-state index in [-0.39, 0.29) is 5.38 Å². The second-order valence-corrected chi connectivity index (χ2v) is 6.92. The largest absolute Gasteiger partial charge is 0.489 e. The number of halogens is 2. The fourth-order valence-electron chi connectivity index (χ4n) is 2.29. The molecule has 2 nitrogen and oxygen atoms in total. The summed E-state index contributed by atoms with van der Waals surface area (Å²) in [6.45, 7) is 3.48. The van der Waals surface area contributed by atoms with Gasteiger partial charge in [-0.1, -0.05) is 31.2 Å². The number of alkyl halides is 1. The van der Waals surface area contributed by atoms with Crippen LogP contribution in [-0.2, 0) is 0 Å². The molecule has 110 valence electrons. The van der Waals surface area contributed by atoms with E-state index in [1.54, 1.807) is 0 Å². The van der Waals surface area contributed by atoms with Gasteiger partial charge in [0, 0.05) is 9.49 Å². The minimum atomic E-state index is -0.187. The molecule has 0 saturated carbocycles. The molecule has 0 fully saturated rings. The van der Waals surface area contributed by atoms with Crippen LogP contribution in [0.5, 0.6) is 11.5 Å². The summed E-state index contributed by atoms with van der Waals surface area (Å²) in [6, 6.07) is 14.1. The minimum Gasteiger partial charge on any atom is -0.489 e. The predicted octanol–water partition coefficient (Wildman–Crippen LogP) is 5.03. The van der Waals surface area contributed by atoms with Crippen molar-refractivity contribution in [3.63, 3.8) is 0 Å². The molecule has 0 bridgehead atoms. The standard InChI is InChI=1S/C17H16ClIO2/c1-11-9-20-15-7-6-12(8-16(15)21-10-11)17(18)13-4-2-3-5-14(13)19/h2-8,11,17H,9-10H2,1H3. The molecule has 1 aliphatic heterocycles. The molecule has 21 heavy (non-hydrogen) atoms. The molecule has 1 aliphatic rings. The Bertz CT molecular complexity index is 644. The average Bonchev–Trinajstić information content (AvgIpc) is 2.69. The summed E-state index contributed by atoms with van der Waals surface area (Å²) in [6.07, 6.45) is 0. The van der Waals surface area contributed by atoms with Crippen LogP contribution in [0.4, 0.5) is 0 Å². The van der Waals surface area contributed by atoms with E-state index < -0.39 is 0 Å². The molecule has 0 saturated heterocycles. The van der Waals surface area contributed by atoms with E-state index in [2.05, 4.69) is 41.6 Å². The third kappa shape index (κ3) is 3.29. The van der Waals surface area contributed by atoms with E-state index in [1.807, 2.05) is 30.3 Å². The van der Waals surface area contributed by atoms with E-state index in [1.165, 1.54) is 0 Å². The topological polar surface area (TPSA) is 18.5 Å². The lowest BCUT2D eigenvalue weighted by molar-refractivity contribution is 0.228. The van der Waals surface area contributed by atoms with Crippen LogP contribution < -0.4 is 9.47 Å². The van der Waals surface area contributed by atoms with Crippen molar-refractivity contribution in [3.8, 4) is 11.5 Å². The van der Waals surface area contributed by atoms with Gasteiger partial charge in [0.25, 0.3) is 0 Å². The van der Waals surface area contributed by atoms with E-state index >= 15 is 0 Å². The van der Waals surface area contributed by atoms with Crippen LogP contribution in [0.25, 0.3) is 0 Å². The lowest BCUT2D eigenvalue weighted by Crippen LogP contribution is -2.12. The van der Waals surface area contributed by atoms with Gasteiger partial charge in [0.2, 0.25) is 0 Å². The first-order chi connectivity index (χ1) is 10.1. The maximum Gasteiger partial charge on any atom is 0.161 e. The molecule has 2 aromatic carbocycles. The summed E-state index contributed by atoms with van der Waals surface area (Å²) >= 11 is 8.96. The Morgan fingerprint density at radius 2 is 1.81 bits per heavy atom. The molecule has 3 rings (SSSR count). The van der Waals surface area contributed by atoms with Crippen LogP contribution in [-0.4, -0.2) is 13.2 Å². The first kappa shape index (κ1) is 15.0. The van der Waals surface area contributed by atoms with Crippen LogP contribution in [0.15, 0.2) is 42.5 Å². The summed E-state index contributed by atoms with van der Waals surface area (Å²) in [5.41, 5.74) is 2.14. The van der Waals surface area contributed by atoms with E-state index in [4.69, 9.17) is 21.1 Å².